The van der Waals surface area contributed by atoms with Gasteiger partial charge in [0.2, 0.25) is 12.1 Å². The van der Waals surface area contributed by atoms with E-state index in [-0.39, 0.29) is 12.8 Å². The lowest BCUT2D eigenvalue weighted by Crippen LogP contribution is -2.44. The van der Waals surface area contributed by atoms with Gasteiger partial charge < -0.3 is 25.1 Å². The van der Waals surface area contributed by atoms with Crippen LogP contribution in [0.25, 0.3) is 5.53 Å². The number of rotatable bonds is 9. The lowest BCUT2D eigenvalue weighted by atomic mass is 9.97. The van der Waals surface area contributed by atoms with Gasteiger partial charge in [-0.1, -0.05) is 0 Å². The largest absolute Gasteiger partial charge is 0.461 e. The van der Waals surface area contributed by atoms with Crippen molar-refractivity contribution < 1.29 is 38.2 Å². The minimum Gasteiger partial charge on any atom is -0.461 e. The van der Waals surface area contributed by atoms with Crippen LogP contribution in [-0.2, 0) is 28.6 Å². The standard InChI is InChI=1S/C17H27N3O7/c1-10(2)25-14(22)13(8-7-12(21)9-19-18)20-16(24)27-11(3)26-15(23)17(4,5)6/h9-11,13H,7-8H2,1-6H3,(H,20,24)/t11-,13+/m1/s1. The van der Waals surface area contributed by atoms with Gasteiger partial charge in [-0.2, -0.15) is 4.79 Å². The molecule has 0 unspecified atom stereocenters. The number of carbonyl (C=O) groups excluding carboxylic acids is 4. The molecule has 0 aromatic carbocycles. The Kier molecular flexibility index (Phi) is 9.95. The summed E-state index contributed by atoms with van der Waals surface area (Å²) in [6, 6.07) is -1.17. The minimum absolute atomic E-state index is 0.0956. The van der Waals surface area contributed by atoms with E-state index in [1.165, 1.54) is 6.92 Å². The fraction of sp³-hybridized carbons (Fsp3) is 0.706. The topological polar surface area (TPSA) is 144 Å². The molecule has 0 heterocycles. The Balaban J connectivity index is 4.85. The summed E-state index contributed by atoms with van der Waals surface area (Å²) in [6.45, 7) is 9.55. The molecule has 10 heteroatoms. The van der Waals surface area contributed by atoms with Gasteiger partial charge in [0.15, 0.2) is 0 Å². The van der Waals surface area contributed by atoms with Crippen molar-refractivity contribution in [2.45, 2.75) is 72.8 Å². The van der Waals surface area contributed by atoms with E-state index >= 15 is 0 Å². The maximum Gasteiger partial charge on any atom is 0.410 e. The van der Waals surface area contributed by atoms with E-state index in [9.17, 15) is 19.2 Å². The maximum atomic E-state index is 12.1. The van der Waals surface area contributed by atoms with Crippen LogP contribution in [0.3, 0.4) is 0 Å². The molecule has 0 aliphatic rings. The van der Waals surface area contributed by atoms with Crippen LogP contribution >= 0.6 is 0 Å². The third kappa shape index (κ3) is 10.8. The Hall–Kier alpha value is -2.74. The highest BCUT2D eigenvalue weighted by atomic mass is 16.7. The van der Waals surface area contributed by atoms with E-state index < -0.39 is 47.7 Å². The fourth-order valence-electron chi connectivity index (χ4n) is 1.66. The van der Waals surface area contributed by atoms with E-state index in [1.54, 1.807) is 34.6 Å². The first-order chi connectivity index (χ1) is 12.4. The SMILES string of the molecule is CC(C)OC(=O)[C@H](CCC(=O)C=[N+]=[N-])NC(=O)O[C@H](C)OC(=O)C(C)(C)C. The molecule has 10 nitrogen and oxygen atoms in total. The lowest BCUT2D eigenvalue weighted by molar-refractivity contribution is -0.174. The number of Topliss-reactive ketones (excluding diaryl/α,β-unsaturated/α-hetero) is 1. The molecule has 0 spiro atoms. The van der Waals surface area contributed by atoms with Gasteiger partial charge >= 0.3 is 24.2 Å². The third-order valence-electron chi connectivity index (χ3n) is 2.97. The smallest absolute Gasteiger partial charge is 0.410 e. The molecule has 1 amide bonds. The van der Waals surface area contributed by atoms with E-state index in [0.717, 1.165) is 0 Å². The van der Waals surface area contributed by atoms with Crippen LogP contribution in [0.2, 0.25) is 0 Å². The summed E-state index contributed by atoms with van der Waals surface area (Å²) < 4.78 is 14.9. The molecule has 0 saturated heterocycles. The van der Waals surface area contributed by atoms with Crippen molar-refractivity contribution in [3.8, 4) is 0 Å². The van der Waals surface area contributed by atoms with Crippen LogP contribution in [0.15, 0.2) is 0 Å². The Morgan fingerprint density at radius 2 is 1.67 bits per heavy atom. The normalized spacial score (nSPS) is 13.0. The summed E-state index contributed by atoms with van der Waals surface area (Å²) in [5.74, 6) is -1.86. The average molecular weight is 385 g/mol. The van der Waals surface area contributed by atoms with E-state index in [2.05, 4.69) is 10.1 Å². The minimum atomic E-state index is -1.18. The summed E-state index contributed by atoms with van der Waals surface area (Å²) in [5.41, 5.74) is 7.56. The van der Waals surface area contributed by atoms with Crippen LogP contribution in [0.1, 0.15) is 54.4 Å². The number of nitrogens with zero attached hydrogens (tertiary/aromatic N) is 2. The molecular weight excluding hydrogens is 358 g/mol. The molecule has 1 N–H and O–H groups in total. The third-order valence-corrected chi connectivity index (χ3v) is 2.97. The number of amides is 1. The molecular formula is C17H27N3O7. The zero-order valence-corrected chi connectivity index (χ0v) is 16.5. The number of hydrogen-bond donors (Lipinski definition) is 1. The number of esters is 2. The maximum absolute atomic E-state index is 12.1. The van der Waals surface area contributed by atoms with Gasteiger partial charge in [-0.05, 0) is 41.0 Å². The number of alkyl carbamates (subject to hydrolysis) is 1. The predicted octanol–water partition coefficient (Wildman–Crippen LogP) is 1.62. The molecule has 0 aliphatic carbocycles. The Labute approximate surface area is 158 Å². The summed E-state index contributed by atoms with van der Waals surface area (Å²) in [4.78, 5) is 49.8. The summed E-state index contributed by atoms with van der Waals surface area (Å²) >= 11 is 0. The number of hydrogen-bond acceptors (Lipinski definition) is 7. The molecule has 0 aromatic heterocycles. The molecule has 0 bridgehead atoms. The second-order valence-corrected chi connectivity index (χ2v) is 7.06. The molecule has 152 valence electrons. The summed E-state index contributed by atoms with van der Waals surface area (Å²) in [6.07, 6.45) is -2.20. The zero-order chi connectivity index (χ0) is 21.2. The van der Waals surface area contributed by atoms with Crippen LogP contribution in [-0.4, -0.2) is 53.3 Å². The van der Waals surface area contributed by atoms with Gasteiger partial charge in [0.05, 0.1) is 11.5 Å². The van der Waals surface area contributed by atoms with Gasteiger partial charge in [-0.25, -0.2) is 9.59 Å². The number of carbonyl (C=O) groups is 4. The van der Waals surface area contributed by atoms with Gasteiger partial charge in [-0.15, -0.1) is 0 Å². The lowest BCUT2D eigenvalue weighted by Gasteiger charge is -2.22. The van der Waals surface area contributed by atoms with Gasteiger partial charge in [0.1, 0.15) is 6.04 Å². The molecule has 0 aromatic rings. The second kappa shape index (κ2) is 11.1. The molecule has 0 aliphatic heterocycles. The van der Waals surface area contributed by atoms with Gasteiger partial charge in [0, 0.05) is 13.3 Å². The highest BCUT2D eigenvalue weighted by Crippen LogP contribution is 2.16. The van der Waals surface area contributed by atoms with Crippen LogP contribution < -0.4 is 5.32 Å². The number of ketones is 1. The highest BCUT2D eigenvalue weighted by Gasteiger charge is 2.28. The average Bonchev–Trinajstić information content (AvgIpc) is 2.49. The zero-order valence-electron chi connectivity index (χ0n) is 16.5. The molecule has 0 radical (unpaired) electrons. The van der Waals surface area contributed by atoms with Crippen molar-refractivity contribution in [1.29, 1.82) is 0 Å². The number of ether oxygens (including phenoxy) is 3. The van der Waals surface area contributed by atoms with Crippen molar-refractivity contribution in [2.75, 3.05) is 0 Å². The molecule has 0 saturated carbocycles. The summed E-state index contributed by atoms with van der Waals surface area (Å²) in [5, 5.41) is 2.28. The van der Waals surface area contributed by atoms with Crippen molar-refractivity contribution >= 4 is 30.0 Å². The van der Waals surface area contributed by atoms with E-state index in [4.69, 9.17) is 19.7 Å². The Bertz CT molecular complexity index is 604. The van der Waals surface area contributed by atoms with E-state index in [1.807, 2.05) is 0 Å². The predicted molar refractivity (Wildman–Crippen MR) is 93.6 cm³/mol. The van der Waals surface area contributed by atoms with Crippen LogP contribution in [0.4, 0.5) is 4.79 Å². The van der Waals surface area contributed by atoms with Crippen LogP contribution in [0, 0.1) is 5.41 Å². The van der Waals surface area contributed by atoms with Crippen LogP contribution in [0.5, 0.6) is 0 Å². The van der Waals surface area contributed by atoms with Crippen molar-refractivity contribution in [1.82, 2.24) is 5.32 Å². The van der Waals surface area contributed by atoms with Crippen molar-refractivity contribution in [3.63, 3.8) is 0 Å². The quantitative estimate of drug-likeness (QED) is 0.209. The van der Waals surface area contributed by atoms with Crippen molar-refractivity contribution in [3.05, 3.63) is 5.53 Å². The number of nitrogens with one attached hydrogen (secondary N) is 1. The Morgan fingerprint density at radius 1 is 1.07 bits per heavy atom. The Morgan fingerprint density at radius 3 is 2.15 bits per heavy atom. The fourth-order valence-corrected chi connectivity index (χ4v) is 1.66. The van der Waals surface area contributed by atoms with Crippen molar-refractivity contribution in [2.24, 2.45) is 5.41 Å². The first kappa shape index (κ1) is 24.3. The highest BCUT2D eigenvalue weighted by molar-refractivity contribution is 6.25. The van der Waals surface area contributed by atoms with Gasteiger partial charge in [0.25, 0.3) is 0 Å². The molecule has 0 rings (SSSR count). The monoisotopic (exact) mass is 385 g/mol. The first-order valence-electron chi connectivity index (χ1n) is 8.45. The van der Waals surface area contributed by atoms with E-state index in [0.29, 0.717) is 6.21 Å². The summed E-state index contributed by atoms with van der Waals surface area (Å²) in [7, 11) is 0. The molecule has 2 atom stereocenters. The first-order valence-corrected chi connectivity index (χ1v) is 8.45. The second-order valence-electron chi connectivity index (χ2n) is 7.06. The van der Waals surface area contributed by atoms with Gasteiger partial charge in [-0.3, -0.25) is 9.59 Å². The molecule has 27 heavy (non-hydrogen) atoms. The molecule has 0 fully saturated rings.